The van der Waals surface area contributed by atoms with Gasteiger partial charge in [0.2, 0.25) is 0 Å². The van der Waals surface area contributed by atoms with Crippen LogP contribution in [0.15, 0.2) is 42.6 Å². The van der Waals surface area contributed by atoms with E-state index in [4.69, 9.17) is 21.1 Å². The zero-order valence-electron chi connectivity index (χ0n) is 16.6. The Hall–Kier alpha value is -3.56. The summed E-state index contributed by atoms with van der Waals surface area (Å²) in [6.07, 6.45) is 1.40. The molecule has 30 heavy (non-hydrogen) atoms. The number of pyridine rings is 1. The molecule has 2 aromatic heterocycles. The van der Waals surface area contributed by atoms with Crippen molar-refractivity contribution < 1.29 is 14.3 Å². The third-order valence-electron chi connectivity index (χ3n) is 4.70. The molecule has 0 aliphatic heterocycles. The lowest BCUT2D eigenvalue weighted by Crippen LogP contribution is -2.14. The van der Waals surface area contributed by atoms with Gasteiger partial charge in [0.1, 0.15) is 23.1 Å². The van der Waals surface area contributed by atoms with Gasteiger partial charge in [-0.1, -0.05) is 17.7 Å². The summed E-state index contributed by atoms with van der Waals surface area (Å²) in [6, 6.07) is 12.7. The van der Waals surface area contributed by atoms with Crippen LogP contribution in [0.25, 0.3) is 21.8 Å². The van der Waals surface area contributed by atoms with Crippen molar-refractivity contribution in [3.63, 3.8) is 0 Å². The number of nitriles is 1. The van der Waals surface area contributed by atoms with Crippen molar-refractivity contribution in [2.24, 2.45) is 0 Å². The summed E-state index contributed by atoms with van der Waals surface area (Å²) in [5.74, 6) is 0.470. The van der Waals surface area contributed by atoms with Crippen LogP contribution in [0, 0.1) is 18.3 Å². The molecule has 150 valence electrons. The number of H-pyrrole nitrogens is 1. The quantitative estimate of drug-likeness (QED) is 0.415. The first kappa shape index (κ1) is 19.7. The Bertz CT molecular complexity index is 1340. The second-order valence-electron chi connectivity index (χ2n) is 7.13. The van der Waals surface area contributed by atoms with Crippen LogP contribution in [0.5, 0.6) is 11.5 Å². The second-order valence-corrected chi connectivity index (χ2v) is 7.54. The average Bonchev–Trinajstić information content (AvgIpc) is 3.06. The lowest BCUT2D eigenvalue weighted by molar-refractivity contribution is 0.0370. The molecule has 0 spiro atoms. The minimum Gasteiger partial charge on any atom is -0.458 e. The molecule has 0 aliphatic carbocycles. The van der Waals surface area contributed by atoms with Gasteiger partial charge >= 0.3 is 5.97 Å². The number of carbonyl (C=O) groups is 1. The number of nitrogens with one attached hydrogen (secondary N) is 1. The topological polar surface area (TPSA) is 88.0 Å². The van der Waals surface area contributed by atoms with Crippen molar-refractivity contribution in [2.75, 3.05) is 0 Å². The molecular formula is C23H18ClN3O3. The van der Waals surface area contributed by atoms with Crippen LogP contribution in [0.2, 0.25) is 5.02 Å². The fraction of sp³-hybridized carbons (Fsp3) is 0.174. The summed E-state index contributed by atoms with van der Waals surface area (Å²) in [4.78, 5) is 20.0. The highest BCUT2D eigenvalue weighted by Crippen LogP contribution is 2.35. The number of carbonyl (C=O) groups excluding carboxylic acids is 1. The number of aromatic amines is 1. The maximum Gasteiger partial charge on any atom is 0.357 e. The van der Waals surface area contributed by atoms with E-state index in [1.165, 1.54) is 0 Å². The molecule has 0 atom stereocenters. The molecule has 0 radical (unpaired) electrons. The van der Waals surface area contributed by atoms with E-state index >= 15 is 0 Å². The van der Waals surface area contributed by atoms with Crippen molar-refractivity contribution >= 4 is 39.4 Å². The van der Waals surface area contributed by atoms with Crippen molar-refractivity contribution in [2.45, 2.75) is 26.9 Å². The largest absolute Gasteiger partial charge is 0.458 e. The lowest BCUT2D eigenvalue weighted by atomic mass is 10.1. The standard InChI is InChI=1S/C23H18ClN3O3/c1-12(2)29-23(28)22-13(3)21-15-9-14(7-8-18(15)27-19(21)11-26-22)30-20-6-4-5-17(24)16(20)10-25/h4-9,11-12,27H,1-3H3. The number of hydrogen-bond acceptors (Lipinski definition) is 5. The summed E-state index contributed by atoms with van der Waals surface area (Å²) in [6.45, 7) is 5.44. The first-order valence-electron chi connectivity index (χ1n) is 9.37. The molecule has 0 bridgehead atoms. The number of benzene rings is 2. The second kappa shape index (κ2) is 7.69. The van der Waals surface area contributed by atoms with Crippen LogP contribution >= 0.6 is 11.6 Å². The van der Waals surface area contributed by atoms with Crippen molar-refractivity contribution in [1.29, 1.82) is 5.26 Å². The van der Waals surface area contributed by atoms with Crippen LogP contribution < -0.4 is 4.74 Å². The number of ether oxygens (including phenoxy) is 2. The zero-order valence-corrected chi connectivity index (χ0v) is 17.4. The third-order valence-corrected chi connectivity index (χ3v) is 5.02. The fourth-order valence-corrected chi connectivity index (χ4v) is 3.61. The molecular weight excluding hydrogens is 402 g/mol. The van der Waals surface area contributed by atoms with E-state index in [-0.39, 0.29) is 17.4 Å². The minimum absolute atomic E-state index is 0.232. The van der Waals surface area contributed by atoms with Crippen molar-refractivity contribution in [3.8, 4) is 17.6 Å². The molecule has 2 heterocycles. The molecule has 4 rings (SSSR count). The number of hydrogen-bond donors (Lipinski definition) is 1. The smallest absolute Gasteiger partial charge is 0.357 e. The summed E-state index contributed by atoms with van der Waals surface area (Å²) in [5.41, 5.74) is 2.97. The minimum atomic E-state index is -0.455. The third kappa shape index (κ3) is 3.44. The summed E-state index contributed by atoms with van der Waals surface area (Å²) >= 11 is 6.10. The van der Waals surface area contributed by atoms with E-state index in [9.17, 15) is 10.1 Å². The SMILES string of the molecule is Cc1c(C(=O)OC(C)C)ncc2[nH]c3ccc(Oc4cccc(Cl)c4C#N)cc3c12. The summed E-state index contributed by atoms with van der Waals surface area (Å²) in [7, 11) is 0. The molecule has 0 unspecified atom stereocenters. The van der Waals surface area contributed by atoms with E-state index in [0.29, 0.717) is 16.5 Å². The maximum absolute atomic E-state index is 12.4. The van der Waals surface area contributed by atoms with Gasteiger partial charge in [0.25, 0.3) is 0 Å². The lowest BCUT2D eigenvalue weighted by Gasteiger charge is -2.10. The molecule has 0 amide bonds. The first-order chi connectivity index (χ1) is 14.4. The van der Waals surface area contributed by atoms with Crippen LogP contribution in [0.3, 0.4) is 0 Å². The molecule has 2 aromatic carbocycles. The van der Waals surface area contributed by atoms with Gasteiger partial charge in [0.15, 0.2) is 5.69 Å². The molecule has 0 saturated carbocycles. The Labute approximate surface area is 178 Å². The number of halogens is 1. The van der Waals surface area contributed by atoms with E-state index in [1.54, 1.807) is 44.3 Å². The van der Waals surface area contributed by atoms with Gasteiger partial charge < -0.3 is 14.5 Å². The summed E-state index contributed by atoms with van der Waals surface area (Å²) < 4.78 is 11.3. The Morgan fingerprint density at radius 3 is 2.77 bits per heavy atom. The molecule has 4 aromatic rings. The van der Waals surface area contributed by atoms with Crippen LogP contribution in [0.1, 0.15) is 35.5 Å². The molecule has 0 aliphatic rings. The zero-order chi connectivity index (χ0) is 21.4. The summed E-state index contributed by atoms with van der Waals surface area (Å²) in [5, 5.41) is 11.4. The first-order valence-corrected chi connectivity index (χ1v) is 9.75. The van der Waals surface area contributed by atoms with Gasteiger partial charge in [0, 0.05) is 16.3 Å². The number of nitrogens with zero attached hydrogens (tertiary/aromatic N) is 2. The Morgan fingerprint density at radius 2 is 2.03 bits per heavy atom. The molecule has 0 saturated heterocycles. The molecule has 6 nitrogen and oxygen atoms in total. The van der Waals surface area contributed by atoms with Crippen LogP contribution in [-0.2, 0) is 4.74 Å². The van der Waals surface area contributed by atoms with Gasteiger partial charge in [-0.05, 0) is 56.7 Å². The average molecular weight is 420 g/mol. The van der Waals surface area contributed by atoms with Gasteiger partial charge in [-0.25, -0.2) is 9.78 Å². The predicted octanol–water partition coefficient (Wildman–Crippen LogP) is 5.91. The number of aromatic nitrogens is 2. The van der Waals surface area contributed by atoms with Crippen molar-refractivity contribution in [3.05, 3.63) is 64.4 Å². The number of aryl methyl sites for hydroxylation is 1. The van der Waals surface area contributed by atoms with Crippen molar-refractivity contribution in [1.82, 2.24) is 9.97 Å². The van der Waals surface area contributed by atoms with Gasteiger partial charge in [-0.15, -0.1) is 0 Å². The maximum atomic E-state index is 12.4. The fourth-order valence-electron chi connectivity index (χ4n) is 3.40. The molecule has 0 fully saturated rings. The highest BCUT2D eigenvalue weighted by Gasteiger charge is 2.19. The highest BCUT2D eigenvalue weighted by atomic mass is 35.5. The predicted molar refractivity (Wildman–Crippen MR) is 115 cm³/mol. The van der Waals surface area contributed by atoms with E-state index < -0.39 is 5.97 Å². The van der Waals surface area contributed by atoms with Gasteiger partial charge in [-0.2, -0.15) is 5.26 Å². The molecule has 7 heteroatoms. The Kier molecular flexibility index (Phi) is 5.06. The number of esters is 1. The van der Waals surface area contributed by atoms with Crippen LogP contribution in [0.4, 0.5) is 0 Å². The van der Waals surface area contributed by atoms with Gasteiger partial charge in [0.05, 0.1) is 22.8 Å². The highest BCUT2D eigenvalue weighted by molar-refractivity contribution is 6.32. The monoisotopic (exact) mass is 419 g/mol. The van der Waals surface area contributed by atoms with E-state index in [2.05, 4.69) is 16.0 Å². The van der Waals surface area contributed by atoms with Gasteiger partial charge in [-0.3, -0.25) is 0 Å². The van der Waals surface area contributed by atoms with E-state index in [1.807, 2.05) is 19.1 Å². The van der Waals surface area contributed by atoms with E-state index in [0.717, 1.165) is 27.4 Å². The number of fused-ring (bicyclic) bond motifs is 3. The molecule has 1 N–H and O–H groups in total. The number of rotatable bonds is 4. The Balaban J connectivity index is 1.82. The normalized spacial score (nSPS) is 11.1. The van der Waals surface area contributed by atoms with Crippen LogP contribution in [-0.4, -0.2) is 22.0 Å². The Morgan fingerprint density at radius 1 is 1.23 bits per heavy atom.